The number of carboxylic acids is 1. The molecular formula is C11H12FNO2. The van der Waals surface area contributed by atoms with Crippen LogP contribution in [-0.2, 0) is 4.79 Å². The van der Waals surface area contributed by atoms with Gasteiger partial charge in [0.2, 0.25) is 0 Å². The maximum atomic E-state index is 13.2. The van der Waals surface area contributed by atoms with E-state index in [0.29, 0.717) is 5.69 Å². The Balaban J connectivity index is 2.54. The standard InChI is InChI=1S/C11H12FNO2/c1-8-4-5-10(9(12)7-8)13-6-2-3-11(14)15/h2-5,7,13H,6H2,1H3,(H,14,15)/b3-2+. The number of aliphatic carboxylic acids is 1. The number of hydrogen-bond acceptors (Lipinski definition) is 2. The third kappa shape index (κ3) is 3.81. The number of anilines is 1. The molecule has 0 amide bonds. The quantitative estimate of drug-likeness (QED) is 0.747. The van der Waals surface area contributed by atoms with Crippen molar-refractivity contribution in [2.24, 2.45) is 0 Å². The molecule has 0 aromatic heterocycles. The molecule has 0 aliphatic heterocycles. The molecule has 0 radical (unpaired) electrons. The van der Waals surface area contributed by atoms with Crippen molar-refractivity contribution < 1.29 is 14.3 Å². The molecule has 0 saturated heterocycles. The number of aryl methyl sites for hydroxylation is 1. The molecule has 0 fully saturated rings. The van der Waals surface area contributed by atoms with Gasteiger partial charge in [-0.15, -0.1) is 0 Å². The fourth-order valence-corrected chi connectivity index (χ4v) is 1.09. The second-order valence-electron chi connectivity index (χ2n) is 3.10. The summed E-state index contributed by atoms with van der Waals surface area (Å²) in [5.74, 6) is -1.35. The van der Waals surface area contributed by atoms with Crippen molar-refractivity contribution in [3.63, 3.8) is 0 Å². The first-order chi connectivity index (χ1) is 7.09. The zero-order chi connectivity index (χ0) is 11.3. The van der Waals surface area contributed by atoms with Crippen LogP contribution in [0.15, 0.2) is 30.4 Å². The van der Waals surface area contributed by atoms with Crippen LogP contribution in [0.4, 0.5) is 10.1 Å². The summed E-state index contributed by atoms with van der Waals surface area (Å²) < 4.78 is 13.2. The summed E-state index contributed by atoms with van der Waals surface area (Å²) in [6.45, 7) is 2.09. The van der Waals surface area contributed by atoms with E-state index in [4.69, 9.17) is 5.11 Å². The van der Waals surface area contributed by atoms with Crippen molar-refractivity contribution in [1.82, 2.24) is 0 Å². The normalized spacial score (nSPS) is 10.5. The van der Waals surface area contributed by atoms with E-state index < -0.39 is 5.97 Å². The number of hydrogen-bond donors (Lipinski definition) is 2. The fourth-order valence-electron chi connectivity index (χ4n) is 1.09. The monoisotopic (exact) mass is 209 g/mol. The molecule has 0 heterocycles. The van der Waals surface area contributed by atoms with Crippen LogP contribution in [0.1, 0.15) is 5.56 Å². The molecule has 1 aromatic carbocycles. The van der Waals surface area contributed by atoms with Gasteiger partial charge in [0.1, 0.15) is 5.82 Å². The Morgan fingerprint density at radius 2 is 2.33 bits per heavy atom. The Kier molecular flexibility index (Phi) is 3.85. The number of benzene rings is 1. The summed E-state index contributed by atoms with van der Waals surface area (Å²) >= 11 is 0. The van der Waals surface area contributed by atoms with Crippen LogP contribution in [0.2, 0.25) is 0 Å². The predicted octanol–water partition coefficient (Wildman–Crippen LogP) is 2.19. The van der Waals surface area contributed by atoms with Crippen molar-refractivity contribution in [3.8, 4) is 0 Å². The Hall–Kier alpha value is -1.84. The van der Waals surface area contributed by atoms with Crippen LogP contribution in [0.25, 0.3) is 0 Å². The summed E-state index contributed by atoms with van der Waals surface area (Å²) in [6.07, 6.45) is 2.43. The second-order valence-corrected chi connectivity index (χ2v) is 3.10. The van der Waals surface area contributed by atoms with E-state index in [1.54, 1.807) is 19.1 Å². The minimum absolute atomic E-state index is 0.284. The molecular weight excluding hydrogens is 197 g/mol. The van der Waals surface area contributed by atoms with Gasteiger partial charge in [0.25, 0.3) is 0 Å². The molecule has 0 saturated carbocycles. The lowest BCUT2D eigenvalue weighted by Gasteiger charge is -2.04. The Bertz CT molecular complexity index is 388. The number of rotatable bonds is 4. The van der Waals surface area contributed by atoms with E-state index in [1.165, 1.54) is 12.1 Å². The fraction of sp³-hybridized carbons (Fsp3) is 0.182. The molecule has 4 heteroatoms. The van der Waals surface area contributed by atoms with Crippen LogP contribution in [0.3, 0.4) is 0 Å². The minimum atomic E-state index is -1.01. The average Bonchev–Trinajstić information content (AvgIpc) is 2.14. The van der Waals surface area contributed by atoms with E-state index in [-0.39, 0.29) is 12.4 Å². The highest BCUT2D eigenvalue weighted by atomic mass is 19.1. The van der Waals surface area contributed by atoms with Crippen LogP contribution in [0.5, 0.6) is 0 Å². The van der Waals surface area contributed by atoms with Crippen molar-refractivity contribution in [2.75, 3.05) is 11.9 Å². The first-order valence-corrected chi connectivity index (χ1v) is 4.49. The van der Waals surface area contributed by atoms with Gasteiger partial charge in [0.05, 0.1) is 5.69 Å². The van der Waals surface area contributed by atoms with Gasteiger partial charge >= 0.3 is 5.97 Å². The Morgan fingerprint density at radius 3 is 2.93 bits per heavy atom. The summed E-state index contributed by atoms with van der Waals surface area (Å²) in [5, 5.41) is 11.1. The summed E-state index contributed by atoms with van der Waals surface area (Å²) in [7, 11) is 0. The number of carbonyl (C=O) groups is 1. The number of nitrogens with one attached hydrogen (secondary N) is 1. The number of halogens is 1. The molecule has 0 unspecified atom stereocenters. The largest absolute Gasteiger partial charge is 0.478 e. The van der Waals surface area contributed by atoms with Gasteiger partial charge < -0.3 is 10.4 Å². The third-order valence-corrected chi connectivity index (χ3v) is 1.80. The Morgan fingerprint density at radius 1 is 1.60 bits per heavy atom. The molecule has 15 heavy (non-hydrogen) atoms. The SMILES string of the molecule is Cc1ccc(NC/C=C/C(=O)O)c(F)c1. The molecule has 0 spiro atoms. The minimum Gasteiger partial charge on any atom is -0.478 e. The second kappa shape index (κ2) is 5.14. The van der Waals surface area contributed by atoms with E-state index >= 15 is 0 Å². The molecule has 0 aliphatic rings. The highest BCUT2D eigenvalue weighted by Gasteiger charge is 1.99. The molecule has 2 N–H and O–H groups in total. The van der Waals surface area contributed by atoms with Gasteiger partial charge in [-0.25, -0.2) is 9.18 Å². The predicted molar refractivity (Wildman–Crippen MR) is 56.4 cm³/mol. The summed E-state index contributed by atoms with van der Waals surface area (Å²) in [4.78, 5) is 10.1. The van der Waals surface area contributed by atoms with Crippen molar-refractivity contribution in [3.05, 3.63) is 41.7 Å². The molecule has 3 nitrogen and oxygen atoms in total. The lowest BCUT2D eigenvalue weighted by Crippen LogP contribution is -2.01. The molecule has 0 bridgehead atoms. The van der Waals surface area contributed by atoms with E-state index in [0.717, 1.165) is 11.6 Å². The van der Waals surface area contributed by atoms with Gasteiger partial charge in [0, 0.05) is 12.6 Å². The maximum Gasteiger partial charge on any atom is 0.328 e. The molecule has 1 aromatic rings. The van der Waals surface area contributed by atoms with Crippen LogP contribution < -0.4 is 5.32 Å². The summed E-state index contributed by atoms with van der Waals surface area (Å²) in [5.41, 5.74) is 1.22. The molecule has 0 aliphatic carbocycles. The Labute approximate surface area is 87.2 Å². The van der Waals surface area contributed by atoms with Crippen LogP contribution >= 0.6 is 0 Å². The zero-order valence-electron chi connectivity index (χ0n) is 8.33. The smallest absolute Gasteiger partial charge is 0.328 e. The van der Waals surface area contributed by atoms with Crippen molar-refractivity contribution in [1.29, 1.82) is 0 Å². The van der Waals surface area contributed by atoms with Crippen LogP contribution in [0, 0.1) is 12.7 Å². The maximum absolute atomic E-state index is 13.2. The van der Waals surface area contributed by atoms with E-state index in [1.807, 2.05) is 0 Å². The number of carboxylic acid groups (broad SMARTS) is 1. The van der Waals surface area contributed by atoms with E-state index in [2.05, 4.69) is 5.32 Å². The zero-order valence-corrected chi connectivity index (χ0v) is 8.33. The van der Waals surface area contributed by atoms with Gasteiger partial charge in [-0.2, -0.15) is 0 Å². The highest BCUT2D eigenvalue weighted by Crippen LogP contribution is 2.14. The third-order valence-electron chi connectivity index (χ3n) is 1.80. The van der Waals surface area contributed by atoms with Gasteiger partial charge in [0.15, 0.2) is 0 Å². The van der Waals surface area contributed by atoms with Gasteiger partial charge in [-0.1, -0.05) is 12.1 Å². The van der Waals surface area contributed by atoms with Crippen molar-refractivity contribution in [2.45, 2.75) is 6.92 Å². The first kappa shape index (κ1) is 11.2. The van der Waals surface area contributed by atoms with Crippen LogP contribution in [-0.4, -0.2) is 17.6 Å². The molecule has 1 rings (SSSR count). The van der Waals surface area contributed by atoms with Gasteiger partial charge in [-0.05, 0) is 24.6 Å². The topological polar surface area (TPSA) is 49.3 Å². The average molecular weight is 209 g/mol. The molecule has 80 valence electrons. The first-order valence-electron chi connectivity index (χ1n) is 4.49. The van der Waals surface area contributed by atoms with Gasteiger partial charge in [-0.3, -0.25) is 0 Å². The van der Waals surface area contributed by atoms with Crippen molar-refractivity contribution >= 4 is 11.7 Å². The highest BCUT2D eigenvalue weighted by molar-refractivity contribution is 5.79. The summed E-state index contributed by atoms with van der Waals surface area (Å²) in [6, 6.07) is 4.83. The molecule has 0 atom stereocenters. The lowest BCUT2D eigenvalue weighted by molar-refractivity contribution is -0.131. The van der Waals surface area contributed by atoms with E-state index in [9.17, 15) is 9.18 Å². The lowest BCUT2D eigenvalue weighted by atomic mass is 10.2.